The van der Waals surface area contributed by atoms with Crippen molar-refractivity contribution in [3.8, 4) is 5.69 Å². The summed E-state index contributed by atoms with van der Waals surface area (Å²) in [6.45, 7) is 6.96. The molecule has 2 heterocycles. The maximum Gasteiger partial charge on any atom is 0.163 e. The molecule has 0 saturated heterocycles. The quantitative estimate of drug-likeness (QED) is 0.690. The van der Waals surface area contributed by atoms with E-state index < -0.39 is 0 Å². The Morgan fingerprint density at radius 1 is 1.15 bits per heavy atom. The average molecular weight is 289 g/mol. The van der Waals surface area contributed by atoms with Crippen LogP contribution >= 0.6 is 11.6 Å². The smallest absolute Gasteiger partial charge is 0.163 e. The Balaban J connectivity index is 2.34. The molecule has 0 bridgehead atoms. The average Bonchev–Trinajstić information content (AvgIpc) is 2.97. The van der Waals surface area contributed by atoms with E-state index in [1.807, 2.05) is 11.6 Å². The van der Waals surface area contributed by atoms with Gasteiger partial charge in [-0.15, -0.1) is 11.6 Å². The number of aromatic nitrogens is 4. The Morgan fingerprint density at radius 3 is 2.45 bits per heavy atom. The molecule has 0 N–H and O–H groups in total. The van der Waals surface area contributed by atoms with Gasteiger partial charge in [0.05, 0.1) is 11.6 Å². The molecular formula is C15H17ClN4. The summed E-state index contributed by atoms with van der Waals surface area (Å²) in [6.07, 6.45) is 0. The third kappa shape index (κ3) is 1.91. The molecule has 104 valence electrons. The van der Waals surface area contributed by atoms with Crippen molar-refractivity contribution in [1.82, 2.24) is 19.3 Å². The largest absolute Gasteiger partial charge is 0.280 e. The highest BCUT2D eigenvalue weighted by atomic mass is 35.5. The summed E-state index contributed by atoms with van der Waals surface area (Å²) < 4.78 is 4.08. The fraction of sp³-hybridized carbons (Fsp3) is 0.333. The van der Waals surface area contributed by atoms with Gasteiger partial charge < -0.3 is 0 Å². The molecule has 0 saturated carbocycles. The van der Waals surface area contributed by atoms with E-state index in [0.717, 1.165) is 34.9 Å². The molecule has 0 aliphatic carbocycles. The minimum Gasteiger partial charge on any atom is -0.280 e. The number of nitrogens with zero attached hydrogens (tertiary/aromatic N) is 4. The molecule has 4 nitrogen and oxygen atoms in total. The van der Waals surface area contributed by atoms with E-state index in [4.69, 9.17) is 11.6 Å². The van der Waals surface area contributed by atoms with Crippen molar-refractivity contribution in [2.45, 2.75) is 33.2 Å². The Bertz CT molecular complexity index is 752. The fourth-order valence-electron chi connectivity index (χ4n) is 2.49. The third-order valence-corrected chi connectivity index (χ3v) is 3.73. The lowest BCUT2D eigenvalue weighted by atomic mass is 10.2. The molecule has 0 aliphatic rings. The molecule has 0 fully saturated rings. The van der Waals surface area contributed by atoms with E-state index >= 15 is 0 Å². The zero-order chi connectivity index (χ0) is 14.3. The van der Waals surface area contributed by atoms with Crippen molar-refractivity contribution < 1.29 is 0 Å². The standard InChI is InChI=1S/C15H17ClN4/c1-4-19-15-14(11(3)18-19)17-13(9-16)20(15)12-7-5-10(2)6-8-12/h5-8H,4,9H2,1-3H3. The monoisotopic (exact) mass is 288 g/mol. The molecule has 1 aromatic carbocycles. The number of aryl methyl sites for hydroxylation is 3. The van der Waals surface area contributed by atoms with Crippen LogP contribution in [-0.4, -0.2) is 19.3 Å². The van der Waals surface area contributed by atoms with Crippen molar-refractivity contribution >= 4 is 22.8 Å². The summed E-state index contributed by atoms with van der Waals surface area (Å²) in [6, 6.07) is 8.38. The first kappa shape index (κ1) is 13.2. The maximum absolute atomic E-state index is 6.08. The van der Waals surface area contributed by atoms with Crippen LogP contribution in [0, 0.1) is 13.8 Å². The van der Waals surface area contributed by atoms with Crippen molar-refractivity contribution in [3.05, 3.63) is 41.3 Å². The molecule has 0 atom stereocenters. The highest BCUT2D eigenvalue weighted by molar-refractivity contribution is 6.17. The van der Waals surface area contributed by atoms with Crippen molar-refractivity contribution in [2.75, 3.05) is 0 Å². The van der Waals surface area contributed by atoms with E-state index in [2.05, 4.69) is 52.8 Å². The molecular weight excluding hydrogens is 272 g/mol. The maximum atomic E-state index is 6.08. The van der Waals surface area contributed by atoms with Gasteiger partial charge in [0.1, 0.15) is 11.3 Å². The molecule has 5 heteroatoms. The summed E-state index contributed by atoms with van der Waals surface area (Å²) in [4.78, 5) is 4.65. The van der Waals surface area contributed by atoms with Crippen molar-refractivity contribution in [2.24, 2.45) is 0 Å². The molecule has 0 unspecified atom stereocenters. The van der Waals surface area contributed by atoms with Gasteiger partial charge in [-0.25, -0.2) is 9.67 Å². The summed E-state index contributed by atoms with van der Waals surface area (Å²) in [5.74, 6) is 1.24. The minimum absolute atomic E-state index is 0.381. The second kappa shape index (κ2) is 4.94. The van der Waals surface area contributed by atoms with E-state index in [-0.39, 0.29) is 0 Å². The van der Waals surface area contributed by atoms with Gasteiger partial charge in [-0.1, -0.05) is 17.7 Å². The topological polar surface area (TPSA) is 35.6 Å². The number of hydrogen-bond acceptors (Lipinski definition) is 2. The van der Waals surface area contributed by atoms with E-state index in [1.54, 1.807) is 0 Å². The lowest BCUT2D eigenvalue weighted by molar-refractivity contribution is 0.660. The predicted octanol–water partition coefficient (Wildman–Crippen LogP) is 3.60. The van der Waals surface area contributed by atoms with Crippen LogP contribution in [0.5, 0.6) is 0 Å². The number of benzene rings is 1. The zero-order valence-electron chi connectivity index (χ0n) is 11.9. The van der Waals surface area contributed by atoms with Gasteiger partial charge in [-0.2, -0.15) is 5.10 Å². The van der Waals surface area contributed by atoms with Crippen LogP contribution in [0.15, 0.2) is 24.3 Å². The van der Waals surface area contributed by atoms with Gasteiger partial charge in [0.2, 0.25) is 0 Å². The first-order valence-corrected chi connectivity index (χ1v) is 7.27. The van der Waals surface area contributed by atoms with E-state index in [0.29, 0.717) is 5.88 Å². The number of rotatable bonds is 3. The van der Waals surface area contributed by atoms with Crippen LogP contribution in [0.3, 0.4) is 0 Å². The zero-order valence-corrected chi connectivity index (χ0v) is 12.6. The third-order valence-electron chi connectivity index (χ3n) is 3.49. The Hall–Kier alpha value is -1.81. The fourth-order valence-corrected chi connectivity index (χ4v) is 2.67. The molecule has 0 radical (unpaired) electrons. The van der Waals surface area contributed by atoms with Gasteiger partial charge in [-0.05, 0) is 32.9 Å². The van der Waals surface area contributed by atoms with Crippen LogP contribution in [0.25, 0.3) is 16.9 Å². The van der Waals surface area contributed by atoms with Gasteiger partial charge in [0.25, 0.3) is 0 Å². The van der Waals surface area contributed by atoms with Crippen molar-refractivity contribution in [3.63, 3.8) is 0 Å². The summed E-state index contributed by atoms with van der Waals surface area (Å²) in [7, 11) is 0. The Kier molecular flexibility index (Phi) is 3.26. The molecule has 0 spiro atoms. The molecule has 20 heavy (non-hydrogen) atoms. The summed E-state index contributed by atoms with van der Waals surface area (Å²) in [5.41, 5.74) is 5.20. The number of hydrogen-bond donors (Lipinski definition) is 0. The summed E-state index contributed by atoms with van der Waals surface area (Å²) in [5, 5.41) is 4.54. The Labute approximate surface area is 123 Å². The highest BCUT2D eigenvalue weighted by Crippen LogP contribution is 2.25. The van der Waals surface area contributed by atoms with Gasteiger partial charge in [-0.3, -0.25) is 4.57 Å². The van der Waals surface area contributed by atoms with E-state index in [9.17, 15) is 0 Å². The van der Waals surface area contributed by atoms with Crippen LogP contribution < -0.4 is 0 Å². The van der Waals surface area contributed by atoms with Crippen LogP contribution in [0.4, 0.5) is 0 Å². The SMILES string of the molecule is CCn1nc(C)c2nc(CCl)n(-c3ccc(C)cc3)c21. The van der Waals surface area contributed by atoms with Gasteiger partial charge in [0.15, 0.2) is 5.65 Å². The first-order chi connectivity index (χ1) is 9.65. The van der Waals surface area contributed by atoms with Gasteiger partial charge in [0, 0.05) is 12.2 Å². The molecule has 3 rings (SSSR count). The Morgan fingerprint density at radius 2 is 1.85 bits per heavy atom. The molecule has 0 aliphatic heterocycles. The van der Waals surface area contributed by atoms with Crippen LogP contribution in [0.2, 0.25) is 0 Å². The normalized spacial score (nSPS) is 11.4. The van der Waals surface area contributed by atoms with Crippen LogP contribution in [0.1, 0.15) is 24.0 Å². The van der Waals surface area contributed by atoms with Crippen molar-refractivity contribution in [1.29, 1.82) is 0 Å². The lowest BCUT2D eigenvalue weighted by Crippen LogP contribution is -2.06. The number of fused-ring (bicyclic) bond motifs is 1. The molecule has 2 aromatic heterocycles. The minimum atomic E-state index is 0.381. The summed E-state index contributed by atoms with van der Waals surface area (Å²) >= 11 is 6.08. The second-order valence-corrected chi connectivity index (χ2v) is 5.17. The number of imidazole rings is 1. The number of alkyl halides is 1. The molecule has 3 aromatic rings. The second-order valence-electron chi connectivity index (χ2n) is 4.91. The number of halogens is 1. The van der Waals surface area contributed by atoms with Crippen LogP contribution in [-0.2, 0) is 12.4 Å². The first-order valence-electron chi connectivity index (χ1n) is 6.73. The van der Waals surface area contributed by atoms with Gasteiger partial charge >= 0.3 is 0 Å². The van der Waals surface area contributed by atoms with E-state index in [1.165, 1.54) is 5.56 Å². The highest BCUT2D eigenvalue weighted by Gasteiger charge is 2.18. The predicted molar refractivity (Wildman–Crippen MR) is 81.6 cm³/mol. The molecule has 0 amide bonds. The lowest BCUT2D eigenvalue weighted by Gasteiger charge is -2.09.